The van der Waals surface area contributed by atoms with Crippen molar-refractivity contribution in [3.63, 3.8) is 0 Å². The SMILES string of the molecule is C=CC(=O)OCc1ccc(N(c2ccc(C=Cc3cccc(C=Cc4ccc(N(c5ccc(COc6ccc(C=C)cc6)cc5)c5ccc(C)c(C)c5)cc4)c3)cc2)c2ccc(C)c(C)c2)cc1. The second kappa shape index (κ2) is 21.7. The normalized spacial score (nSPS) is 11.1. The number of carbonyl (C=O) groups excluding carboxylic acids is 1. The summed E-state index contributed by atoms with van der Waals surface area (Å²) in [6.07, 6.45) is 11.6. The van der Waals surface area contributed by atoms with E-state index in [2.05, 4.69) is 221 Å². The van der Waals surface area contributed by atoms with Crippen molar-refractivity contribution in [2.45, 2.75) is 40.9 Å². The molecular formula is C63H56N2O3. The third-order valence-electron chi connectivity index (χ3n) is 12.1. The molecule has 0 heterocycles. The molecule has 0 aliphatic rings. The maximum absolute atomic E-state index is 11.6. The van der Waals surface area contributed by atoms with Gasteiger partial charge in [-0.2, -0.15) is 0 Å². The van der Waals surface area contributed by atoms with Crippen molar-refractivity contribution in [2.24, 2.45) is 0 Å². The quantitative estimate of drug-likeness (QED) is 0.0518. The van der Waals surface area contributed by atoms with Crippen molar-refractivity contribution in [3.05, 3.63) is 262 Å². The summed E-state index contributed by atoms with van der Waals surface area (Å²) >= 11 is 0. The van der Waals surface area contributed by atoms with Crippen molar-refractivity contribution in [3.8, 4) is 5.75 Å². The molecule has 5 nitrogen and oxygen atoms in total. The third-order valence-corrected chi connectivity index (χ3v) is 12.1. The Morgan fingerprint density at radius 3 is 1.25 bits per heavy atom. The lowest BCUT2D eigenvalue weighted by Crippen LogP contribution is -2.10. The van der Waals surface area contributed by atoms with Crippen LogP contribution in [0.15, 0.2) is 201 Å². The molecule has 0 radical (unpaired) electrons. The Kier molecular flexibility index (Phi) is 14.7. The molecule has 0 amide bonds. The van der Waals surface area contributed by atoms with Gasteiger partial charge in [0.1, 0.15) is 19.0 Å². The van der Waals surface area contributed by atoms with Crippen LogP contribution in [0.5, 0.6) is 5.75 Å². The van der Waals surface area contributed by atoms with Crippen LogP contribution in [0.3, 0.4) is 0 Å². The lowest BCUT2D eigenvalue weighted by molar-refractivity contribution is -0.138. The minimum atomic E-state index is -0.437. The topological polar surface area (TPSA) is 42.0 Å². The first kappa shape index (κ1) is 46.1. The van der Waals surface area contributed by atoms with Gasteiger partial charge >= 0.3 is 5.97 Å². The van der Waals surface area contributed by atoms with Crippen molar-refractivity contribution in [1.82, 2.24) is 0 Å². The molecule has 0 atom stereocenters. The lowest BCUT2D eigenvalue weighted by Gasteiger charge is -2.26. The molecule has 336 valence electrons. The first-order chi connectivity index (χ1) is 33.1. The standard InChI is InChI=1S/C63H56N2O3/c1-7-49-26-38-62(39-27-49)67-43-54-22-34-58(35-23-54)64(60-28-12-45(3)47(5)40-60)56-30-18-50(19-31-56)14-16-52-10-9-11-53(42-52)17-15-51-20-32-57(33-21-51)65(61-29-13-46(4)48(6)41-61)59-36-24-55(25-37-59)44-68-63(66)8-2/h7-42H,1-2,43-44H2,3-6H3. The Balaban J connectivity index is 0.950. The van der Waals surface area contributed by atoms with Gasteiger partial charge in [-0.1, -0.05) is 135 Å². The van der Waals surface area contributed by atoms with Crippen LogP contribution in [0.1, 0.15) is 61.2 Å². The highest BCUT2D eigenvalue weighted by Crippen LogP contribution is 2.38. The number of esters is 1. The number of ether oxygens (including phenoxy) is 2. The van der Waals surface area contributed by atoms with Crippen LogP contribution in [0.25, 0.3) is 30.4 Å². The summed E-state index contributed by atoms with van der Waals surface area (Å²) in [5.41, 5.74) is 18.9. The first-order valence-electron chi connectivity index (χ1n) is 22.9. The molecule has 0 unspecified atom stereocenters. The minimum absolute atomic E-state index is 0.195. The highest BCUT2D eigenvalue weighted by Gasteiger charge is 2.15. The van der Waals surface area contributed by atoms with E-state index in [1.165, 1.54) is 28.3 Å². The zero-order chi connectivity index (χ0) is 47.4. The molecule has 0 aromatic heterocycles. The highest BCUT2D eigenvalue weighted by atomic mass is 16.5. The lowest BCUT2D eigenvalue weighted by atomic mass is 10.1. The molecule has 0 fully saturated rings. The van der Waals surface area contributed by atoms with Gasteiger partial charge in [0.15, 0.2) is 0 Å². The second-order valence-corrected chi connectivity index (χ2v) is 16.9. The molecule has 0 saturated carbocycles. The van der Waals surface area contributed by atoms with E-state index in [-0.39, 0.29) is 6.61 Å². The van der Waals surface area contributed by atoms with Crippen LogP contribution in [-0.2, 0) is 22.7 Å². The van der Waals surface area contributed by atoms with Gasteiger partial charge in [-0.05, 0) is 180 Å². The number of aryl methyl sites for hydroxylation is 4. The third kappa shape index (κ3) is 11.7. The number of carbonyl (C=O) groups is 1. The zero-order valence-corrected chi connectivity index (χ0v) is 39.2. The van der Waals surface area contributed by atoms with E-state index >= 15 is 0 Å². The van der Waals surface area contributed by atoms with Crippen LogP contribution in [0.2, 0.25) is 0 Å². The number of benzene rings is 8. The van der Waals surface area contributed by atoms with Gasteiger partial charge in [-0.3, -0.25) is 0 Å². The smallest absolute Gasteiger partial charge is 0.330 e. The monoisotopic (exact) mass is 888 g/mol. The Hall–Kier alpha value is -8.41. The summed E-state index contributed by atoms with van der Waals surface area (Å²) in [4.78, 5) is 16.2. The maximum atomic E-state index is 11.6. The van der Waals surface area contributed by atoms with Crippen molar-refractivity contribution >= 4 is 70.5 Å². The predicted molar refractivity (Wildman–Crippen MR) is 286 cm³/mol. The molecule has 68 heavy (non-hydrogen) atoms. The van der Waals surface area contributed by atoms with Crippen molar-refractivity contribution < 1.29 is 14.3 Å². The van der Waals surface area contributed by atoms with E-state index < -0.39 is 5.97 Å². The summed E-state index contributed by atoms with van der Waals surface area (Å²) in [5.74, 6) is 0.396. The van der Waals surface area contributed by atoms with Crippen LogP contribution in [0, 0.1) is 27.7 Å². The van der Waals surface area contributed by atoms with Crippen LogP contribution >= 0.6 is 0 Å². The first-order valence-corrected chi connectivity index (χ1v) is 22.9. The number of hydrogen-bond acceptors (Lipinski definition) is 5. The Labute approximate surface area is 401 Å². The summed E-state index contributed by atoms with van der Waals surface area (Å²) in [6.45, 7) is 16.6. The number of rotatable bonds is 17. The van der Waals surface area contributed by atoms with Crippen LogP contribution < -0.4 is 14.5 Å². The van der Waals surface area contributed by atoms with Gasteiger partial charge in [-0.15, -0.1) is 0 Å². The molecule has 0 spiro atoms. The summed E-state index contributed by atoms with van der Waals surface area (Å²) in [6, 6.07) is 63.7. The van der Waals surface area contributed by atoms with Gasteiger partial charge in [0.25, 0.3) is 0 Å². The van der Waals surface area contributed by atoms with E-state index in [1.54, 1.807) is 0 Å². The average Bonchev–Trinajstić information content (AvgIpc) is 3.37. The van der Waals surface area contributed by atoms with Crippen molar-refractivity contribution in [1.29, 1.82) is 0 Å². The molecule has 8 rings (SSSR count). The molecular weight excluding hydrogens is 833 g/mol. The van der Waals surface area contributed by atoms with Gasteiger partial charge in [0.05, 0.1) is 0 Å². The highest BCUT2D eigenvalue weighted by molar-refractivity contribution is 5.82. The Bertz CT molecular complexity index is 3070. The fourth-order valence-electron chi connectivity index (χ4n) is 7.81. The Morgan fingerprint density at radius 1 is 0.426 bits per heavy atom. The molecule has 0 bridgehead atoms. The predicted octanol–water partition coefficient (Wildman–Crippen LogP) is 16.7. The molecule has 5 heteroatoms. The number of anilines is 6. The maximum Gasteiger partial charge on any atom is 0.330 e. The number of hydrogen-bond donors (Lipinski definition) is 0. The fourth-order valence-corrected chi connectivity index (χ4v) is 7.81. The molecule has 0 N–H and O–H groups in total. The Morgan fingerprint density at radius 2 is 0.824 bits per heavy atom. The zero-order valence-electron chi connectivity index (χ0n) is 39.2. The van der Waals surface area contributed by atoms with E-state index in [1.807, 2.05) is 42.5 Å². The van der Waals surface area contributed by atoms with E-state index in [0.29, 0.717) is 6.61 Å². The molecule has 0 aliphatic carbocycles. The number of nitrogens with zero attached hydrogens (tertiary/aromatic N) is 2. The fraction of sp³-hybridized carbons (Fsp3) is 0.0952. The molecule has 0 saturated heterocycles. The van der Waals surface area contributed by atoms with Gasteiger partial charge in [-0.25, -0.2) is 4.79 Å². The summed E-state index contributed by atoms with van der Waals surface area (Å²) in [5, 5.41) is 0. The van der Waals surface area contributed by atoms with Gasteiger partial charge in [0.2, 0.25) is 0 Å². The van der Waals surface area contributed by atoms with Gasteiger partial charge in [0, 0.05) is 40.2 Å². The van der Waals surface area contributed by atoms with E-state index in [4.69, 9.17) is 9.47 Å². The van der Waals surface area contributed by atoms with Crippen molar-refractivity contribution in [2.75, 3.05) is 9.80 Å². The van der Waals surface area contributed by atoms with Crippen LogP contribution in [-0.4, -0.2) is 5.97 Å². The molecule has 8 aromatic carbocycles. The van der Waals surface area contributed by atoms with E-state index in [0.717, 1.165) is 78.8 Å². The summed E-state index contributed by atoms with van der Waals surface area (Å²) in [7, 11) is 0. The molecule has 8 aromatic rings. The largest absolute Gasteiger partial charge is 0.489 e. The minimum Gasteiger partial charge on any atom is -0.489 e. The van der Waals surface area contributed by atoms with Crippen LogP contribution in [0.4, 0.5) is 34.1 Å². The summed E-state index contributed by atoms with van der Waals surface area (Å²) < 4.78 is 11.3. The molecule has 0 aliphatic heterocycles. The van der Waals surface area contributed by atoms with Gasteiger partial charge < -0.3 is 19.3 Å². The average molecular weight is 889 g/mol. The second-order valence-electron chi connectivity index (χ2n) is 16.9. The van der Waals surface area contributed by atoms with E-state index in [9.17, 15) is 4.79 Å².